The topological polar surface area (TPSA) is 79.5 Å². The van der Waals surface area contributed by atoms with E-state index in [4.69, 9.17) is 27.7 Å². The number of rotatable bonds is 6. The van der Waals surface area contributed by atoms with E-state index >= 15 is 0 Å². The fourth-order valence-electron chi connectivity index (χ4n) is 5.72. The minimum atomic E-state index is -1.01. The highest BCUT2D eigenvalue weighted by atomic mass is 35.5. The second kappa shape index (κ2) is 8.61. The lowest BCUT2D eigenvalue weighted by molar-refractivity contribution is 0.0691. The van der Waals surface area contributed by atoms with Gasteiger partial charge in [0.15, 0.2) is 0 Å². The molecule has 0 spiro atoms. The zero-order valence-corrected chi connectivity index (χ0v) is 21.3. The molecule has 6 nitrogen and oxygen atoms in total. The number of benzene rings is 2. The summed E-state index contributed by atoms with van der Waals surface area (Å²) in [6.07, 6.45) is 6.73. The van der Waals surface area contributed by atoms with Gasteiger partial charge in [-0.05, 0) is 67.0 Å². The van der Waals surface area contributed by atoms with Crippen LogP contribution in [0.15, 0.2) is 59.1 Å². The van der Waals surface area contributed by atoms with Gasteiger partial charge >= 0.3 is 5.97 Å². The molecule has 1 saturated heterocycles. The minimum Gasteiger partial charge on any atom is -0.477 e. The van der Waals surface area contributed by atoms with Crippen LogP contribution in [0.1, 0.15) is 40.6 Å². The number of anilines is 1. The highest BCUT2D eigenvalue weighted by Gasteiger charge is 2.54. The minimum absolute atomic E-state index is 0.0647. The Balaban J connectivity index is 1.09. The van der Waals surface area contributed by atoms with Gasteiger partial charge in [0, 0.05) is 41.2 Å². The average Bonchev–Trinajstić information content (AvgIpc) is 3.75. The van der Waals surface area contributed by atoms with Crippen molar-refractivity contribution in [1.82, 2.24) is 10.1 Å². The Morgan fingerprint density at radius 3 is 2.51 bits per heavy atom. The number of halogens is 2. The van der Waals surface area contributed by atoms with Gasteiger partial charge in [-0.25, -0.2) is 9.78 Å². The third kappa shape index (κ3) is 3.99. The van der Waals surface area contributed by atoms with Gasteiger partial charge in [0.2, 0.25) is 0 Å². The second-order valence-electron chi connectivity index (χ2n) is 10.2. The van der Waals surface area contributed by atoms with Crippen molar-refractivity contribution >= 4 is 51.8 Å². The Bertz CT molecular complexity index is 1560. The lowest BCUT2D eigenvalue weighted by Crippen LogP contribution is -2.23. The molecule has 0 bridgehead atoms. The van der Waals surface area contributed by atoms with E-state index in [9.17, 15) is 9.90 Å². The maximum atomic E-state index is 11.2. The number of carboxylic acids is 1. The number of hydrogen-bond donors (Lipinski definition) is 1. The number of aromatic carboxylic acids is 1. The lowest BCUT2D eigenvalue weighted by atomic mass is 10.0. The molecule has 4 aromatic rings. The molecule has 2 aromatic carbocycles. The van der Waals surface area contributed by atoms with Gasteiger partial charge in [0.25, 0.3) is 0 Å². The summed E-state index contributed by atoms with van der Waals surface area (Å²) in [6.45, 7) is 1.99. The van der Waals surface area contributed by atoms with E-state index in [0.717, 1.165) is 59.6 Å². The fourth-order valence-corrected chi connectivity index (χ4v) is 6.30. The first kappa shape index (κ1) is 22.8. The maximum Gasteiger partial charge on any atom is 0.354 e. The largest absolute Gasteiger partial charge is 0.477 e. The Labute approximate surface area is 223 Å². The molecule has 2 saturated carbocycles. The van der Waals surface area contributed by atoms with Gasteiger partial charge in [0.1, 0.15) is 17.1 Å². The van der Waals surface area contributed by atoms with E-state index in [-0.39, 0.29) is 5.69 Å². The molecule has 2 atom stereocenters. The standard InChI is InChI=1S/C29H23Cl2N3O3/c30-22-2-1-3-23(31)26(22)27-19(28(37-33-27)15-4-5-15)9-8-18-20-13-34(14-21(18)20)17-7-11-24-16(12-17)6-10-25(32-24)29(35)36/h1-3,6-12,15,18,20-21H,4-5,13-14H2,(H,35,36)/b9-8+. The van der Waals surface area contributed by atoms with Gasteiger partial charge in [0.05, 0.1) is 15.6 Å². The van der Waals surface area contributed by atoms with Crippen LogP contribution in [-0.4, -0.2) is 34.3 Å². The molecule has 2 unspecified atom stereocenters. The Morgan fingerprint density at radius 2 is 1.81 bits per heavy atom. The van der Waals surface area contributed by atoms with Gasteiger partial charge < -0.3 is 14.5 Å². The summed E-state index contributed by atoms with van der Waals surface area (Å²) >= 11 is 13.0. The van der Waals surface area contributed by atoms with E-state index in [2.05, 4.69) is 33.3 Å². The summed E-state index contributed by atoms with van der Waals surface area (Å²) in [7, 11) is 0. The summed E-state index contributed by atoms with van der Waals surface area (Å²) in [5.74, 6) is 2.08. The molecule has 1 aliphatic heterocycles. The molecule has 2 aromatic heterocycles. The molecule has 1 N–H and O–H groups in total. The predicted octanol–water partition coefficient (Wildman–Crippen LogP) is 7.17. The number of carboxylic acid groups (broad SMARTS) is 1. The van der Waals surface area contributed by atoms with Crippen LogP contribution in [-0.2, 0) is 0 Å². The van der Waals surface area contributed by atoms with Crippen molar-refractivity contribution in [3.63, 3.8) is 0 Å². The van der Waals surface area contributed by atoms with Gasteiger partial charge in [-0.15, -0.1) is 0 Å². The van der Waals surface area contributed by atoms with E-state index < -0.39 is 5.97 Å². The monoisotopic (exact) mass is 531 g/mol. The molecular weight excluding hydrogens is 509 g/mol. The third-order valence-corrected chi connectivity index (χ3v) is 8.54. The molecule has 3 fully saturated rings. The molecule has 3 aliphatic rings. The summed E-state index contributed by atoms with van der Waals surface area (Å²) in [5, 5.41) is 15.7. The Hall–Kier alpha value is -3.35. The van der Waals surface area contributed by atoms with Gasteiger partial charge in [-0.3, -0.25) is 0 Å². The maximum absolute atomic E-state index is 11.2. The van der Waals surface area contributed by atoms with Crippen molar-refractivity contribution < 1.29 is 14.4 Å². The normalized spacial score (nSPS) is 22.6. The van der Waals surface area contributed by atoms with Crippen molar-refractivity contribution in [2.24, 2.45) is 17.8 Å². The molecular formula is C29H23Cl2N3O3. The lowest BCUT2D eigenvalue weighted by Gasteiger charge is -2.22. The number of hydrogen-bond acceptors (Lipinski definition) is 5. The van der Waals surface area contributed by atoms with Crippen LogP contribution in [0.4, 0.5) is 5.69 Å². The summed E-state index contributed by atoms with van der Waals surface area (Å²) in [6, 6.07) is 14.9. The number of allylic oxidation sites excluding steroid dienone is 1. The number of carbonyl (C=O) groups is 1. The van der Waals surface area contributed by atoms with Crippen molar-refractivity contribution in [3.05, 3.63) is 81.7 Å². The second-order valence-corrected chi connectivity index (χ2v) is 11.0. The van der Waals surface area contributed by atoms with Crippen LogP contribution in [0.5, 0.6) is 0 Å². The molecule has 3 heterocycles. The van der Waals surface area contributed by atoms with Crippen molar-refractivity contribution in [3.8, 4) is 11.3 Å². The molecule has 0 radical (unpaired) electrons. The van der Waals surface area contributed by atoms with Crippen LogP contribution in [0.3, 0.4) is 0 Å². The van der Waals surface area contributed by atoms with Crippen molar-refractivity contribution in [2.75, 3.05) is 18.0 Å². The average molecular weight is 532 g/mol. The van der Waals surface area contributed by atoms with Crippen LogP contribution in [0.25, 0.3) is 28.2 Å². The zero-order valence-electron chi connectivity index (χ0n) is 19.8. The summed E-state index contributed by atoms with van der Waals surface area (Å²) in [5.41, 5.74) is 4.36. The van der Waals surface area contributed by atoms with Crippen LogP contribution in [0.2, 0.25) is 10.0 Å². The smallest absolute Gasteiger partial charge is 0.354 e. The molecule has 7 rings (SSSR count). The predicted molar refractivity (Wildman–Crippen MR) is 144 cm³/mol. The van der Waals surface area contributed by atoms with Crippen LogP contribution >= 0.6 is 23.2 Å². The highest BCUT2D eigenvalue weighted by Crippen LogP contribution is 2.54. The first-order chi connectivity index (χ1) is 18.0. The fraction of sp³-hybridized carbons (Fsp3) is 0.276. The Kier molecular flexibility index (Phi) is 5.31. The SMILES string of the molecule is O=C(O)c1ccc2cc(N3CC4C(/C=C/c5c(-c6c(Cl)cccc6Cl)noc5C5CC5)C4C3)ccc2n1. The van der Waals surface area contributed by atoms with Crippen molar-refractivity contribution in [2.45, 2.75) is 18.8 Å². The number of nitrogens with zero attached hydrogens (tertiary/aromatic N) is 3. The number of fused-ring (bicyclic) bond motifs is 2. The van der Waals surface area contributed by atoms with E-state index in [1.807, 2.05) is 36.4 Å². The number of piperidine rings is 1. The quantitative estimate of drug-likeness (QED) is 0.284. The molecule has 2 aliphatic carbocycles. The molecule has 8 heteroatoms. The third-order valence-electron chi connectivity index (χ3n) is 7.91. The first-order valence-electron chi connectivity index (χ1n) is 12.5. The van der Waals surface area contributed by atoms with E-state index in [0.29, 0.717) is 39.2 Å². The van der Waals surface area contributed by atoms with E-state index in [1.54, 1.807) is 6.07 Å². The van der Waals surface area contributed by atoms with Crippen LogP contribution < -0.4 is 4.90 Å². The Morgan fingerprint density at radius 1 is 1.05 bits per heavy atom. The number of aromatic nitrogens is 2. The first-order valence-corrected chi connectivity index (χ1v) is 13.2. The number of pyridine rings is 1. The van der Waals surface area contributed by atoms with Gasteiger partial charge in [-0.2, -0.15) is 0 Å². The zero-order chi connectivity index (χ0) is 25.3. The van der Waals surface area contributed by atoms with Crippen molar-refractivity contribution in [1.29, 1.82) is 0 Å². The van der Waals surface area contributed by atoms with Crippen LogP contribution in [0, 0.1) is 17.8 Å². The van der Waals surface area contributed by atoms with Gasteiger partial charge in [-0.1, -0.05) is 52.6 Å². The highest BCUT2D eigenvalue weighted by molar-refractivity contribution is 6.39. The molecule has 186 valence electrons. The molecule has 37 heavy (non-hydrogen) atoms. The van der Waals surface area contributed by atoms with E-state index in [1.165, 1.54) is 0 Å². The summed E-state index contributed by atoms with van der Waals surface area (Å²) in [4.78, 5) is 17.8. The summed E-state index contributed by atoms with van der Waals surface area (Å²) < 4.78 is 5.80. The molecule has 0 amide bonds.